The Morgan fingerprint density at radius 3 is 1.39 bits per heavy atom. The molecule has 0 saturated carbocycles. The number of benzene rings is 14. The predicted octanol–water partition coefficient (Wildman–Crippen LogP) is 19.9. The van der Waals surface area contributed by atoms with Crippen molar-refractivity contribution >= 4 is 118 Å². The van der Waals surface area contributed by atoms with Crippen molar-refractivity contribution in [3.8, 4) is 44.5 Å². The van der Waals surface area contributed by atoms with Gasteiger partial charge in [-0.2, -0.15) is 0 Å². The maximum Gasteiger partial charge on any atom is -0.000719 e. The maximum atomic E-state index is 2.53. The average Bonchev–Trinajstić information content (AvgIpc) is 3.94. The monoisotopic (exact) mass is 880 g/mol. The van der Waals surface area contributed by atoms with Crippen LogP contribution in [0.1, 0.15) is 0 Å². The lowest BCUT2D eigenvalue weighted by Gasteiger charge is -2.19. The van der Waals surface area contributed by atoms with Crippen LogP contribution in [0.15, 0.2) is 243 Å². The molecule has 0 nitrogen and oxygen atoms in total. The third-order valence-electron chi connectivity index (χ3n) is 15.9. The van der Waals surface area contributed by atoms with E-state index >= 15 is 0 Å². The van der Waals surface area contributed by atoms with E-state index in [0.29, 0.717) is 0 Å². The minimum absolute atomic E-state index is 1.23. The summed E-state index contributed by atoms with van der Waals surface area (Å²) in [6.45, 7) is 0. The van der Waals surface area contributed by atoms with Crippen LogP contribution in [0.2, 0.25) is 0 Å². The highest BCUT2D eigenvalue weighted by atomic mass is 14.3. The first kappa shape index (κ1) is 37.9. The summed E-state index contributed by atoms with van der Waals surface area (Å²) in [4.78, 5) is 0. The van der Waals surface area contributed by atoms with Gasteiger partial charge < -0.3 is 0 Å². The first-order chi connectivity index (χ1) is 34.7. The predicted molar refractivity (Wildman–Crippen MR) is 303 cm³/mol. The van der Waals surface area contributed by atoms with Crippen molar-refractivity contribution in [2.24, 2.45) is 0 Å². The molecular weight excluding hydrogens is 841 g/mol. The van der Waals surface area contributed by atoms with E-state index in [9.17, 15) is 0 Å². The summed E-state index contributed by atoms with van der Waals surface area (Å²) in [5.74, 6) is 0. The van der Waals surface area contributed by atoms with E-state index in [1.165, 1.54) is 163 Å². The van der Waals surface area contributed by atoms with Gasteiger partial charge in [-0.05, 0) is 187 Å². The average molecular weight is 881 g/mol. The van der Waals surface area contributed by atoms with Crippen molar-refractivity contribution < 1.29 is 0 Å². The summed E-state index contributed by atoms with van der Waals surface area (Å²) in [7, 11) is 0. The van der Waals surface area contributed by atoms with Crippen molar-refractivity contribution in [1.82, 2.24) is 0 Å². The van der Waals surface area contributed by atoms with Crippen molar-refractivity contribution in [2.45, 2.75) is 0 Å². The summed E-state index contributed by atoms with van der Waals surface area (Å²) < 4.78 is 0. The van der Waals surface area contributed by atoms with Crippen molar-refractivity contribution in [3.05, 3.63) is 243 Å². The van der Waals surface area contributed by atoms with Gasteiger partial charge in [0.15, 0.2) is 0 Å². The largest absolute Gasteiger partial charge is 0.0622 e. The second kappa shape index (κ2) is 14.2. The van der Waals surface area contributed by atoms with Crippen LogP contribution in [-0.2, 0) is 0 Å². The van der Waals surface area contributed by atoms with Crippen LogP contribution in [0.5, 0.6) is 0 Å². The Bertz CT molecular complexity index is 4850. The molecule has 0 amide bonds. The molecule has 0 atom stereocenters. The van der Waals surface area contributed by atoms with Crippen LogP contribution in [0, 0.1) is 0 Å². The fourth-order valence-corrected chi connectivity index (χ4v) is 13.0. The van der Waals surface area contributed by atoms with Crippen molar-refractivity contribution in [2.75, 3.05) is 0 Å². The molecular formula is C70H40. The zero-order valence-electron chi connectivity index (χ0n) is 38.1. The van der Waals surface area contributed by atoms with E-state index in [-0.39, 0.29) is 0 Å². The summed E-state index contributed by atoms with van der Waals surface area (Å²) >= 11 is 0. The SMILES string of the molecule is c1ccc(-c2c3cc4c5ccccc5c5cccc(c3c(-c3ccccc3)c3c6ccc(-c7ccc8cc(-c9cc%10ccc%11ccccc%11c%10c%10ccccc9%10)ccc8c7)c7cccc(c23)c76)c54)cc1. The zero-order valence-corrected chi connectivity index (χ0v) is 38.1. The molecule has 0 aliphatic carbocycles. The van der Waals surface area contributed by atoms with Crippen LogP contribution >= 0.6 is 0 Å². The Labute approximate surface area is 403 Å². The minimum Gasteiger partial charge on any atom is -0.0622 e. The molecule has 16 rings (SSSR count). The Hall–Kier alpha value is -9.10. The summed E-state index contributed by atoms with van der Waals surface area (Å²) in [5.41, 5.74) is 10.1. The molecule has 70 heavy (non-hydrogen) atoms. The highest BCUT2D eigenvalue weighted by Crippen LogP contribution is 2.55. The fourth-order valence-electron chi connectivity index (χ4n) is 13.0. The lowest BCUT2D eigenvalue weighted by Crippen LogP contribution is -1.91. The van der Waals surface area contributed by atoms with E-state index in [1.54, 1.807) is 0 Å². The number of hydrogen-bond acceptors (Lipinski definition) is 0. The first-order valence-electron chi connectivity index (χ1n) is 24.5. The normalized spacial score (nSPS) is 12.3. The molecule has 0 fully saturated rings. The van der Waals surface area contributed by atoms with E-state index in [2.05, 4.69) is 243 Å². The molecule has 0 spiro atoms. The van der Waals surface area contributed by atoms with Gasteiger partial charge in [-0.3, -0.25) is 0 Å². The smallest absolute Gasteiger partial charge is 0.000719 e. The minimum atomic E-state index is 1.23. The molecule has 320 valence electrons. The fraction of sp³-hybridized carbons (Fsp3) is 0. The molecule has 0 N–H and O–H groups in total. The van der Waals surface area contributed by atoms with Gasteiger partial charge in [-0.1, -0.05) is 218 Å². The Kier molecular flexibility index (Phi) is 7.70. The third kappa shape index (κ3) is 5.15. The Balaban J connectivity index is 0.946. The molecule has 0 aliphatic heterocycles. The van der Waals surface area contributed by atoms with Gasteiger partial charge in [0.05, 0.1) is 0 Å². The molecule has 0 aromatic heterocycles. The van der Waals surface area contributed by atoms with Gasteiger partial charge in [0.2, 0.25) is 0 Å². The van der Waals surface area contributed by atoms with E-state index in [4.69, 9.17) is 0 Å². The van der Waals surface area contributed by atoms with Gasteiger partial charge in [0.1, 0.15) is 0 Å². The number of rotatable bonds is 4. The Morgan fingerprint density at radius 2 is 0.643 bits per heavy atom. The lowest BCUT2D eigenvalue weighted by molar-refractivity contribution is 1.68. The number of hydrogen-bond donors (Lipinski definition) is 0. The molecule has 0 unspecified atom stereocenters. The molecule has 0 saturated heterocycles. The standard InChI is InChI=1S/C70H40/c1-3-16-42(17-4-1)64-62-40-61-52-22-10-9-21-51(52)56-26-14-27-57(67(56)61)68(62)65(43-18-5-2-6-19-43)70-59-36-35-49(54-25-13-28-58(66(54)59)69(64)70)46-32-30-45-38-47(33-31-44(45)37-46)60-39-48-34-29-41-15-7-8-20-50(41)63(48)55-24-12-11-23-53(55)60/h1-40H. The van der Waals surface area contributed by atoms with E-state index in [0.717, 1.165) is 0 Å². The summed E-state index contributed by atoms with van der Waals surface area (Å²) in [6, 6.07) is 91.3. The first-order valence-corrected chi connectivity index (χ1v) is 24.5. The van der Waals surface area contributed by atoms with Crippen molar-refractivity contribution in [3.63, 3.8) is 0 Å². The van der Waals surface area contributed by atoms with Crippen LogP contribution in [-0.4, -0.2) is 0 Å². The quantitative estimate of drug-likeness (QED) is 0.155. The van der Waals surface area contributed by atoms with Crippen LogP contribution in [0.3, 0.4) is 0 Å². The molecule has 0 radical (unpaired) electrons. The Morgan fingerprint density at radius 1 is 0.157 bits per heavy atom. The molecule has 0 heteroatoms. The maximum absolute atomic E-state index is 2.53. The summed E-state index contributed by atoms with van der Waals surface area (Å²) in [6.07, 6.45) is 0. The highest BCUT2D eigenvalue weighted by Gasteiger charge is 2.27. The van der Waals surface area contributed by atoms with Crippen LogP contribution in [0.25, 0.3) is 163 Å². The molecule has 16 aromatic rings. The van der Waals surface area contributed by atoms with Crippen LogP contribution in [0.4, 0.5) is 0 Å². The molecule has 0 heterocycles. The van der Waals surface area contributed by atoms with E-state index < -0.39 is 0 Å². The molecule has 0 aliphatic rings. The summed E-state index contributed by atoms with van der Waals surface area (Å²) in [5, 5.41) is 28.6. The second-order valence-corrected chi connectivity index (χ2v) is 19.4. The molecule has 16 aromatic carbocycles. The zero-order chi connectivity index (χ0) is 45.6. The lowest BCUT2D eigenvalue weighted by atomic mass is 9.84. The third-order valence-corrected chi connectivity index (χ3v) is 15.9. The van der Waals surface area contributed by atoms with Gasteiger partial charge >= 0.3 is 0 Å². The van der Waals surface area contributed by atoms with Gasteiger partial charge in [-0.25, -0.2) is 0 Å². The van der Waals surface area contributed by atoms with E-state index in [1.807, 2.05) is 0 Å². The molecule has 0 bridgehead atoms. The highest BCUT2D eigenvalue weighted by molar-refractivity contribution is 6.45. The second-order valence-electron chi connectivity index (χ2n) is 19.4. The van der Waals surface area contributed by atoms with Gasteiger partial charge in [0.25, 0.3) is 0 Å². The topological polar surface area (TPSA) is 0 Å². The van der Waals surface area contributed by atoms with Crippen molar-refractivity contribution in [1.29, 1.82) is 0 Å². The van der Waals surface area contributed by atoms with Gasteiger partial charge in [-0.15, -0.1) is 0 Å². The van der Waals surface area contributed by atoms with Crippen LogP contribution < -0.4 is 0 Å². The van der Waals surface area contributed by atoms with Gasteiger partial charge in [0, 0.05) is 0 Å². The number of fused-ring (bicyclic) bond motifs is 14.